The molecular weight excluding hydrogens is 298 g/mol. The Morgan fingerprint density at radius 3 is 2.35 bits per heavy atom. The lowest BCUT2D eigenvalue weighted by atomic mass is 10.1. The number of Topliss-reactive ketones (excluding diaryl/α,β-unsaturated/α-hetero) is 1. The lowest BCUT2D eigenvalue weighted by Crippen LogP contribution is -2.22. The highest BCUT2D eigenvalue weighted by Gasteiger charge is 2.09. The monoisotopic (exact) mass is 313 g/mol. The number of nitrogens with zero attached hydrogens (tertiary/aromatic N) is 1. The van der Waals surface area contributed by atoms with Crippen molar-refractivity contribution in [3.63, 3.8) is 0 Å². The topological polar surface area (TPSA) is 101 Å². The van der Waals surface area contributed by atoms with Crippen LogP contribution in [0.25, 0.3) is 0 Å². The highest BCUT2D eigenvalue weighted by molar-refractivity contribution is 6.00. The number of carbonyl (C=O) groups is 2. The van der Waals surface area contributed by atoms with Gasteiger partial charge >= 0.3 is 0 Å². The van der Waals surface area contributed by atoms with Crippen LogP contribution in [0, 0.1) is 10.1 Å². The number of para-hydroxylation sites is 1. The molecule has 0 fully saturated rings. The second-order valence-electron chi connectivity index (χ2n) is 4.81. The fourth-order valence-corrected chi connectivity index (χ4v) is 1.99. The van der Waals surface area contributed by atoms with Crippen molar-refractivity contribution in [2.75, 3.05) is 17.2 Å². The van der Waals surface area contributed by atoms with Crippen LogP contribution in [-0.4, -0.2) is 23.2 Å². The van der Waals surface area contributed by atoms with Gasteiger partial charge in [-0.25, -0.2) is 0 Å². The van der Waals surface area contributed by atoms with Gasteiger partial charge in [0.25, 0.3) is 5.69 Å². The molecule has 0 heterocycles. The number of ketones is 1. The number of carbonyl (C=O) groups excluding carboxylic acids is 2. The number of nitro benzene ring substituents is 1. The summed E-state index contributed by atoms with van der Waals surface area (Å²) in [5.74, 6) is -0.416. The van der Waals surface area contributed by atoms with Crippen LogP contribution in [0.15, 0.2) is 48.5 Å². The normalized spacial score (nSPS) is 9.96. The molecule has 2 N–H and O–H groups in total. The van der Waals surface area contributed by atoms with E-state index in [1.807, 2.05) is 0 Å². The Labute approximate surface area is 132 Å². The molecule has 118 valence electrons. The smallest absolute Gasteiger partial charge is 0.269 e. The van der Waals surface area contributed by atoms with Crippen LogP contribution in [0.4, 0.5) is 17.1 Å². The maximum atomic E-state index is 11.9. The average molecular weight is 313 g/mol. The third kappa shape index (κ3) is 4.37. The molecule has 23 heavy (non-hydrogen) atoms. The zero-order valence-corrected chi connectivity index (χ0v) is 12.4. The Kier molecular flexibility index (Phi) is 5.03. The Morgan fingerprint density at radius 1 is 1.09 bits per heavy atom. The van der Waals surface area contributed by atoms with Gasteiger partial charge in [0.1, 0.15) is 0 Å². The predicted molar refractivity (Wildman–Crippen MR) is 86.7 cm³/mol. The third-order valence-electron chi connectivity index (χ3n) is 3.11. The molecule has 0 aromatic heterocycles. The van der Waals surface area contributed by atoms with Crippen molar-refractivity contribution in [3.05, 3.63) is 64.2 Å². The second-order valence-corrected chi connectivity index (χ2v) is 4.81. The van der Waals surface area contributed by atoms with Gasteiger partial charge in [0.2, 0.25) is 5.91 Å². The van der Waals surface area contributed by atoms with Gasteiger partial charge in [0.15, 0.2) is 5.78 Å². The minimum Gasteiger partial charge on any atom is -0.376 e. The van der Waals surface area contributed by atoms with Gasteiger partial charge in [-0.3, -0.25) is 19.7 Å². The van der Waals surface area contributed by atoms with Gasteiger partial charge in [0, 0.05) is 29.1 Å². The standard InChI is InChI=1S/C16H15N3O4/c1-11(20)14-4-2-3-5-15(14)17-10-16(21)18-12-6-8-13(9-7-12)19(22)23/h2-9,17H,10H2,1H3,(H,18,21). The minimum atomic E-state index is -0.508. The number of non-ortho nitro benzene ring substituents is 1. The largest absolute Gasteiger partial charge is 0.376 e. The van der Waals surface area contributed by atoms with Crippen LogP contribution in [0.2, 0.25) is 0 Å². The van der Waals surface area contributed by atoms with Gasteiger partial charge in [-0.15, -0.1) is 0 Å². The molecule has 0 atom stereocenters. The van der Waals surface area contributed by atoms with E-state index in [4.69, 9.17) is 0 Å². The average Bonchev–Trinajstić information content (AvgIpc) is 2.53. The van der Waals surface area contributed by atoms with Crippen LogP contribution in [0.3, 0.4) is 0 Å². The Bertz CT molecular complexity index is 741. The zero-order chi connectivity index (χ0) is 16.8. The van der Waals surface area contributed by atoms with Crippen molar-refractivity contribution in [2.45, 2.75) is 6.92 Å². The number of nitro groups is 1. The van der Waals surface area contributed by atoms with E-state index in [0.717, 1.165) is 0 Å². The van der Waals surface area contributed by atoms with Gasteiger partial charge < -0.3 is 10.6 Å². The van der Waals surface area contributed by atoms with Crippen LogP contribution >= 0.6 is 0 Å². The van der Waals surface area contributed by atoms with E-state index in [1.54, 1.807) is 24.3 Å². The summed E-state index contributed by atoms with van der Waals surface area (Å²) in [6.45, 7) is 1.43. The molecular formula is C16H15N3O4. The first-order valence-corrected chi connectivity index (χ1v) is 6.85. The predicted octanol–water partition coefficient (Wildman–Crippen LogP) is 2.85. The second kappa shape index (κ2) is 7.17. The highest BCUT2D eigenvalue weighted by Crippen LogP contribution is 2.16. The zero-order valence-electron chi connectivity index (χ0n) is 12.4. The maximum Gasteiger partial charge on any atom is 0.269 e. The summed E-state index contributed by atoms with van der Waals surface area (Å²) < 4.78 is 0. The molecule has 0 aliphatic rings. The van der Waals surface area contributed by atoms with Gasteiger partial charge in [-0.05, 0) is 31.2 Å². The number of anilines is 2. The summed E-state index contributed by atoms with van der Waals surface area (Å²) in [7, 11) is 0. The SMILES string of the molecule is CC(=O)c1ccccc1NCC(=O)Nc1ccc([N+](=O)[O-])cc1. The van der Waals surface area contributed by atoms with Crippen LogP contribution < -0.4 is 10.6 Å². The number of benzene rings is 2. The summed E-state index contributed by atoms with van der Waals surface area (Å²) in [4.78, 5) is 33.4. The van der Waals surface area contributed by atoms with Crippen LogP contribution in [0.5, 0.6) is 0 Å². The van der Waals surface area contributed by atoms with Crippen molar-refractivity contribution < 1.29 is 14.5 Å². The van der Waals surface area contributed by atoms with E-state index in [-0.39, 0.29) is 23.9 Å². The lowest BCUT2D eigenvalue weighted by Gasteiger charge is -2.10. The van der Waals surface area contributed by atoms with Crippen molar-refractivity contribution in [1.29, 1.82) is 0 Å². The minimum absolute atomic E-state index is 0.0265. The summed E-state index contributed by atoms with van der Waals surface area (Å²) in [5, 5.41) is 16.1. The summed E-state index contributed by atoms with van der Waals surface area (Å²) in [6.07, 6.45) is 0. The molecule has 0 saturated carbocycles. The molecule has 0 radical (unpaired) electrons. The molecule has 0 aliphatic carbocycles. The number of rotatable bonds is 6. The molecule has 0 unspecified atom stereocenters. The number of amides is 1. The molecule has 0 spiro atoms. The number of hydrogen-bond acceptors (Lipinski definition) is 5. The molecule has 0 saturated heterocycles. The van der Waals surface area contributed by atoms with Crippen LogP contribution in [-0.2, 0) is 4.79 Å². The fourth-order valence-electron chi connectivity index (χ4n) is 1.99. The maximum absolute atomic E-state index is 11.9. The summed E-state index contributed by atoms with van der Waals surface area (Å²) in [6, 6.07) is 12.5. The highest BCUT2D eigenvalue weighted by atomic mass is 16.6. The van der Waals surface area contributed by atoms with E-state index in [1.165, 1.54) is 31.2 Å². The Morgan fingerprint density at radius 2 is 1.74 bits per heavy atom. The van der Waals surface area contributed by atoms with E-state index in [2.05, 4.69) is 10.6 Å². The lowest BCUT2D eigenvalue weighted by molar-refractivity contribution is -0.384. The van der Waals surface area contributed by atoms with Crippen LogP contribution in [0.1, 0.15) is 17.3 Å². The first kappa shape index (κ1) is 16.2. The fraction of sp³-hybridized carbons (Fsp3) is 0.125. The number of nitrogens with one attached hydrogen (secondary N) is 2. The summed E-state index contributed by atoms with van der Waals surface area (Å²) in [5.41, 5.74) is 1.51. The molecule has 0 aliphatic heterocycles. The molecule has 0 bridgehead atoms. The van der Waals surface area contributed by atoms with Crippen molar-refractivity contribution >= 4 is 28.8 Å². The molecule has 2 rings (SSSR count). The third-order valence-corrected chi connectivity index (χ3v) is 3.11. The Balaban J connectivity index is 1.95. The van der Waals surface area contributed by atoms with E-state index < -0.39 is 4.92 Å². The molecule has 7 heteroatoms. The van der Waals surface area contributed by atoms with E-state index >= 15 is 0 Å². The van der Waals surface area contributed by atoms with Crippen molar-refractivity contribution in [3.8, 4) is 0 Å². The first-order chi connectivity index (χ1) is 11.0. The van der Waals surface area contributed by atoms with Crippen molar-refractivity contribution in [1.82, 2.24) is 0 Å². The molecule has 2 aromatic rings. The number of hydrogen-bond donors (Lipinski definition) is 2. The quantitative estimate of drug-likeness (QED) is 0.485. The van der Waals surface area contributed by atoms with Crippen molar-refractivity contribution in [2.24, 2.45) is 0 Å². The van der Waals surface area contributed by atoms with Gasteiger partial charge in [-0.2, -0.15) is 0 Å². The van der Waals surface area contributed by atoms with Gasteiger partial charge in [-0.1, -0.05) is 12.1 Å². The van der Waals surface area contributed by atoms with E-state index in [9.17, 15) is 19.7 Å². The Hall–Kier alpha value is -3.22. The summed E-state index contributed by atoms with van der Waals surface area (Å²) >= 11 is 0. The first-order valence-electron chi connectivity index (χ1n) is 6.85. The van der Waals surface area contributed by atoms with E-state index in [0.29, 0.717) is 16.9 Å². The van der Waals surface area contributed by atoms with Gasteiger partial charge in [0.05, 0.1) is 11.5 Å². The molecule has 7 nitrogen and oxygen atoms in total. The molecule has 1 amide bonds. The molecule has 2 aromatic carbocycles.